The van der Waals surface area contributed by atoms with Crippen molar-refractivity contribution in [3.8, 4) is 0 Å². The van der Waals surface area contributed by atoms with Crippen LogP contribution in [0.25, 0.3) is 0 Å². The zero-order chi connectivity index (χ0) is 14.5. The maximum atomic E-state index is 2.91. The first-order chi connectivity index (χ1) is 9.70. The molecule has 2 fully saturated rings. The molecule has 1 aliphatic carbocycles. The summed E-state index contributed by atoms with van der Waals surface area (Å²) in [5.74, 6) is 0. The van der Waals surface area contributed by atoms with E-state index >= 15 is 0 Å². The third kappa shape index (κ3) is 3.40. The molecule has 1 heterocycles. The summed E-state index contributed by atoms with van der Waals surface area (Å²) in [7, 11) is 0. The van der Waals surface area contributed by atoms with E-state index in [0.29, 0.717) is 11.0 Å². The van der Waals surface area contributed by atoms with Gasteiger partial charge in [-0.3, -0.25) is 4.90 Å². The van der Waals surface area contributed by atoms with Gasteiger partial charge in [-0.25, -0.2) is 0 Å². The lowest BCUT2D eigenvalue weighted by Gasteiger charge is -2.53. The van der Waals surface area contributed by atoms with Crippen molar-refractivity contribution in [2.75, 3.05) is 13.1 Å². The number of hydrogen-bond donors (Lipinski definition) is 0. The van der Waals surface area contributed by atoms with Crippen molar-refractivity contribution in [1.29, 1.82) is 0 Å². The van der Waals surface area contributed by atoms with E-state index in [0.717, 1.165) is 0 Å². The molecule has 1 nitrogen and oxygen atoms in total. The Morgan fingerprint density at radius 3 is 1.90 bits per heavy atom. The summed E-state index contributed by atoms with van der Waals surface area (Å²) in [6.07, 6.45) is 17.4. The van der Waals surface area contributed by atoms with Crippen LogP contribution in [0.5, 0.6) is 0 Å². The Hall–Kier alpha value is -0.0400. The van der Waals surface area contributed by atoms with Crippen molar-refractivity contribution < 1.29 is 0 Å². The van der Waals surface area contributed by atoms with Crippen LogP contribution >= 0.6 is 0 Å². The Morgan fingerprint density at radius 2 is 1.35 bits per heavy atom. The van der Waals surface area contributed by atoms with Crippen molar-refractivity contribution in [1.82, 2.24) is 4.90 Å². The van der Waals surface area contributed by atoms with Crippen LogP contribution in [0.2, 0.25) is 0 Å². The van der Waals surface area contributed by atoms with Gasteiger partial charge in [-0.05, 0) is 69.9 Å². The van der Waals surface area contributed by atoms with Gasteiger partial charge in [-0.1, -0.05) is 46.5 Å². The monoisotopic (exact) mass is 279 g/mol. The molecule has 20 heavy (non-hydrogen) atoms. The minimum atomic E-state index is 0.577. The molecule has 2 aliphatic rings. The molecule has 0 amide bonds. The van der Waals surface area contributed by atoms with E-state index in [1.807, 2.05) is 0 Å². The van der Waals surface area contributed by atoms with Crippen molar-refractivity contribution >= 4 is 0 Å². The summed E-state index contributed by atoms with van der Waals surface area (Å²) in [4.78, 5) is 2.91. The maximum absolute atomic E-state index is 2.91. The highest BCUT2D eigenvalue weighted by molar-refractivity contribution is 5.01. The minimum absolute atomic E-state index is 0.577. The SMILES string of the molecule is CCCC1(CCC)CCCC(CCC)(N2CCCC2)C1. The third-order valence-electron chi connectivity index (χ3n) is 6.11. The van der Waals surface area contributed by atoms with Gasteiger partial charge in [0.05, 0.1) is 0 Å². The Labute approximate surface area is 127 Å². The van der Waals surface area contributed by atoms with E-state index in [1.165, 1.54) is 90.1 Å². The van der Waals surface area contributed by atoms with Gasteiger partial charge in [0, 0.05) is 5.54 Å². The second-order valence-electron chi connectivity index (χ2n) is 7.70. The van der Waals surface area contributed by atoms with E-state index < -0.39 is 0 Å². The van der Waals surface area contributed by atoms with Gasteiger partial charge in [0.25, 0.3) is 0 Å². The highest BCUT2D eigenvalue weighted by atomic mass is 15.2. The lowest BCUT2D eigenvalue weighted by atomic mass is 9.60. The van der Waals surface area contributed by atoms with Crippen LogP contribution < -0.4 is 0 Å². The maximum Gasteiger partial charge on any atom is 0.0214 e. The first-order valence-electron chi connectivity index (χ1n) is 9.45. The Morgan fingerprint density at radius 1 is 0.750 bits per heavy atom. The van der Waals surface area contributed by atoms with Gasteiger partial charge >= 0.3 is 0 Å². The normalized spacial score (nSPS) is 30.8. The molecule has 1 aliphatic heterocycles. The summed E-state index contributed by atoms with van der Waals surface area (Å²) in [5, 5.41) is 0. The Balaban J connectivity index is 2.17. The molecule has 1 heteroatoms. The van der Waals surface area contributed by atoms with Gasteiger partial charge in [-0.15, -0.1) is 0 Å². The van der Waals surface area contributed by atoms with Crippen LogP contribution in [0, 0.1) is 5.41 Å². The van der Waals surface area contributed by atoms with Crippen LogP contribution in [-0.4, -0.2) is 23.5 Å². The highest BCUT2D eigenvalue weighted by Crippen LogP contribution is 2.52. The van der Waals surface area contributed by atoms with Crippen LogP contribution in [0.3, 0.4) is 0 Å². The molecular weight excluding hydrogens is 242 g/mol. The largest absolute Gasteiger partial charge is 0.298 e. The molecule has 0 radical (unpaired) electrons. The summed E-state index contributed by atoms with van der Waals surface area (Å²) in [6.45, 7) is 9.95. The first kappa shape index (κ1) is 16.3. The van der Waals surface area contributed by atoms with E-state index in [1.54, 1.807) is 0 Å². The lowest BCUT2D eigenvalue weighted by molar-refractivity contribution is -0.0114. The fourth-order valence-corrected chi connectivity index (χ4v) is 5.58. The van der Waals surface area contributed by atoms with Gasteiger partial charge in [0.1, 0.15) is 0 Å². The fraction of sp³-hybridized carbons (Fsp3) is 1.00. The standard InChI is InChI=1S/C19H37N/c1-4-10-18(11-5-2)13-9-14-19(17-18,12-6-3)20-15-7-8-16-20/h4-17H2,1-3H3. The molecule has 0 bridgehead atoms. The van der Waals surface area contributed by atoms with E-state index in [4.69, 9.17) is 0 Å². The van der Waals surface area contributed by atoms with Crippen molar-refractivity contribution in [3.05, 3.63) is 0 Å². The molecule has 0 aromatic heterocycles. The second-order valence-corrected chi connectivity index (χ2v) is 7.70. The molecular formula is C19H37N. The highest BCUT2D eigenvalue weighted by Gasteiger charge is 2.46. The third-order valence-corrected chi connectivity index (χ3v) is 6.11. The van der Waals surface area contributed by atoms with E-state index in [-0.39, 0.29) is 0 Å². The van der Waals surface area contributed by atoms with Gasteiger partial charge < -0.3 is 0 Å². The van der Waals surface area contributed by atoms with Crippen LogP contribution in [0.1, 0.15) is 97.8 Å². The minimum Gasteiger partial charge on any atom is -0.298 e. The molecule has 0 N–H and O–H groups in total. The first-order valence-corrected chi connectivity index (χ1v) is 9.45. The molecule has 0 spiro atoms. The quantitative estimate of drug-likeness (QED) is 0.571. The summed E-state index contributed by atoms with van der Waals surface area (Å²) in [5.41, 5.74) is 1.26. The molecule has 118 valence electrons. The second kappa shape index (κ2) is 7.29. The van der Waals surface area contributed by atoms with Gasteiger partial charge in [0.15, 0.2) is 0 Å². The lowest BCUT2D eigenvalue weighted by Crippen LogP contribution is -2.53. The summed E-state index contributed by atoms with van der Waals surface area (Å²) < 4.78 is 0. The molecule has 0 aromatic carbocycles. The average Bonchev–Trinajstić information content (AvgIpc) is 2.94. The topological polar surface area (TPSA) is 3.24 Å². The van der Waals surface area contributed by atoms with Crippen LogP contribution in [-0.2, 0) is 0 Å². The molecule has 1 unspecified atom stereocenters. The fourth-order valence-electron chi connectivity index (χ4n) is 5.58. The van der Waals surface area contributed by atoms with Crippen LogP contribution in [0.15, 0.2) is 0 Å². The average molecular weight is 280 g/mol. The number of rotatable bonds is 7. The summed E-state index contributed by atoms with van der Waals surface area (Å²) in [6, 6.07) is 0. The molecule has 1 saturated carbocycles. The van der Waals surface area contributed by atoms with Crippen molar-refractivity contribution in [3.63, 3.8) is 0 Å². The number of hydrogen-bond acceptors (Lipinski definition) is 1. The smallest absolute Gasteiger partial charge is 0.0214 e. The van der Waals surface area contributed by atoms with Crippen LogP contribution in [0.4, 0.5) is 0 Å². The predicted molar refractivity (Wildman–Crippen MR) is 89.2 cm³/mol. The summed E-state index contributed by atoms with van der Waals surface area (Å²) >= 11 is 0. The van der Waals surface area contributed by atoms with Crippen molar-refractivity contribution in [2.45, 2.75) is 103 Å². The zero-order valence-electron chi connectivity index (χ0n) is 14.3. The van der Waals surface area contributed by atoms with Gasteiger partial charge in [0.2, 0.25) is 0 Å². The number of likely N-dealkylation sites (tertiary alicyclic amines) is 1. The number of nitrogens with zero attached hydrogens (tertiary/aromatic N) is 1. The zero-order valence-corrected chi connectivity index (χ0v) is 14.3. The molecule has 1 saturated heterocycles. The van der Waals surface area contributed by atoms with Crippen molar-refractivity contribution in [2.24, 2.45) is 5.41 Å². The molecule has 2 rings (SSSR count). The molecule has 0 aromatic rings. The molecule has 1 atom stereocenters. The Kier molecular flexibility index (Phi) is 5.95. The predicted octanol–water partition coefficient (Wildman–Crippen LogP) is 5.78. The Bertz CT molecular complexity index is 264. The van der Waals surface area contributed by atoms with Gasteiger partial charge in [-0.2, -0.15) is 0 Å². The van der Waals surface area contributed by atoms with E-state index in [9.17, 15) is 0 Å². The van der Waals surface area contributed by atoms with E-state index in [2.05, 4.69) is 25.7 Å².